The minimum atomic E-state index is -2.21. The number of nitrogens with zero attached hydrogens (tertiary/aromatic N) is 3. The third kappa shape index (κ3) is 30.2. The van der Waals surface area contributed by atoms with Gasteiger partial charge in [0, 0.05) is 25.9 Å². The highest BCUT2D eigenvalue weighted by Crippen LogP contribution is 2.25. The van der Waals surface area contributed by atoms with Crippen LogP contribution in [0.5, 0.6) is 5.75 Å². The molecule has 0 saturated carbocycles. The standard InChI is InChI=1S/C73H120N14O23/c1-11-12-13-14-15-16-17-18-19-20-21-23-47-34-54(97)79-57(40(5)88)67(103)76-39(4)63(99)78-49(32-44-25-27-45(92)28-26-44)64(100)81-56(38(2)3)71(107)87-37-46(93)33-50(87)65(101)82-59(42(7)90)69(105)83-60(43(8)91)72(108)86-31-29-51(94)62(86)70(106)84-61(52(95)35-53(74)96)66(102)75-36-55(98)80-58(41(6)89)68(104)77-48(73(109)110-47)24-22-30-85(9)10/h25-28,38-43,46-52,56-62,88-95H,11-24,29-37H2,1-10H3,(H2,74,96)(H,75,102)(H,76,103)(H,77,104)(H,78,99)(H,79,97)(H,80,98)(H,81,100)(H,82,101)(H,83,105)(H,84,106)/t39-,40-,41-,42-,43-,46-,47-,48+,49+,50+,51+,52-,56+,57+,58+,59+,60+,61+,62+/m1/s1. The summed E-state index contributed by atoms with van der Waals surface area (Å²) in [4.78, 5) is 201. The van der Waals surface area contributed by atoms with E-state index in [1.165, 1.54) is 58.4 Å². The number of unbranched alkanes of at least 4 members (excludes halogenated alkanes) is 10. The van der Waals surface area contributed by atoms with Crippen LogP contribution < -0.4 is 58.9 Å². The third-order valence-corrected chi connectivity index (χ3v) is 19.4. The van der Waals surface area contributed by atoms with Crippen LogP contribution in [0.25, 0.3) is 0 Å². The second kappa shape index (κ2) is 46.2. The number of amides is 13. The smallest absolute Gasteiger partial charge is 0.328 e. The number of fused-ring (bicyclic) bond motifs is 2. The average Bonchev–Trinajstić information content (AvgIpc) is 1.59. The number of primary amides is 1. The van der Waals surface area contributed by atoms with Crippen molar-refractivity contribution in [2.75, 3.05) is 40.3 Å². The number of aromatic hydroxyl groups is 1. The van der Waals surface area contributed by atoms with Gasteiger partial charge in [0.15, 0.2) is 0 Å². The SMILES string of the molecule is CCCCCCCCCCCCC[C@@H]1CC(=O)N[C@@H]([C@@H](C)O)C(=O)N[C@H](C)C(=O)N[C@@H](Cc2ccc(O)cc2)C(=O)N[C@@H](C(C)C)C(=O)N2C[C@H](O)C[C@H]2C(=O)N[C@@H]([C@@H](C)O)C(=O)N[C@@H]([C@@H](C)O)C(=O)N2CC[C@H](O)[C@H]2C(=O)N[C@@H]([C@H](O)CC(N)=O)C(=O)NCC(=O)N[C@@H]([C@@H](C)O)C(=O)N[C@@H](CCCN(C)C)C(=O)O1. The molecule has 620 valence electrons. The average molecular weight is 1560 g/mol. The zero-order chi connectivity index (χ0) is 82.4. The van der Waals surface area contributed by atoms with E-state index in [2.05, 4.69) is 60.1 Å². The molecule has 13 amide bonds. The van der Waals surface area contributed by atoms with Crippen LogP contribution in [-0.4, -0.2) is 294 Å². The van der Waals surface area contributed by atoms with E-state index >= 15 is 0 Å². The molecular formula is C73H120N14O23. The van der Waals surface area contributed by atoms with Gasteiger partial charge in [-0.1, -0.05) is 97.1 Å². The number of aliphatic hydroxyl groups excluding tert-OH is 7. The van der Waals surface area contributed by atoms with Crippen molar-refractivity contribution in [2.24, 2.45) is 11.7 Å². The molecule has 37 heteroatoms. The van der Waals surface area contributed by atoms with Crippen LogP contribution in [0.15, 0.2) is 24.3 Å². The molecule has 1 aromatic rings. The number of carbonyl (C=O) groups excluding carboxylic acids is 14. The molecule has 110 heavy (non-hydrogen) atoms. The summed E-state index contributed by atoms with van der Waals surface area (Å²) in [6.45, 7) is 9.15. The second-order valence-corrected chi connectivity index (χ2v) is 29.7. The second-order valence-electron chi connectivity index (χ2n) is 29.7. The van der Waals surface area contributed by atoms with Crippen molar-refractivity contribution >= 4 is 82.8 Å². The Morgan fingerprint density at radius 3 is 1.61 bits per heavy atom. The lowest BCUT2D eigenvalue weighted by atomic mass is 9.99. The van der Waals surface area contributed by atoms with Crippen molar-refractivity contribution in [2.45, 2.75) is 293 Å². The van der Waals surface area contributed by atoms with Gasteiger partial charge in [-0.2, -0.15) is 0 Å². The van der Waals surface area contributed by atoms with E-state index in [0.29, 0.717) is 29.8 Å². The third-order valence-electron chi connectivity index (χ3n) is 19.4. The van der Waals surface area contributed by atoms with Crippen LogP contribution in [-0.2, 0) is 78.3 Å². The molecule has 0 aromatic heterocycles. The molecule has 3 saturated heterocycles. The van der Waals surface area contributed by atoms with Crippen molar-refractivity contribution in [1.29, 1.82) is 0 Å². The van der Waals surface area contributed by atoms with E-state index in [0.717, 1.165) is 77.0 Å². The van der Waals surface area contributed by atoms with Crippen LogP contribution in [0.2, 0.25) is 0 Å². The molecule has 3 fully saturated rings. The van der Waals surface area contributed by atoms with Gasteiger partial charge in [0.05, 0.1) is 62.1 Å². The number of ether oxygens (including phenoxy) is 1. The van der Waals surface area contributed by atoms with Gasteiger partial charge in [0.25, 0.3) is 0 Å². The lowest BCUT2D eigenvalue weighted by Gasteiger charge is -2.34. The molecule has 4 rings (SSSR count). The summed E-state index contributed by atoms with van der Waals surface area (Å²) in [6, 6.07) is -14.2. The van der Waals surface area contributed by atoms with E-state index in [4.69, 9.17) is 10.5 Å². The number of rotatable bonds is 26. The predicted molar refractivity (Wildman–Crippen MR) is 395 cm³/mol. The largest absolute Gasteiger partial charge is 0.508 e. The molecule has 37 nitrogen and oxygen atoms in total. The topological polar surface area (TPSA) is 566 Å². The fourth-order valence-electron chi connectivity index (χ4n) is 13.1. The molecule has 0 aliphatic carbocycles. The first-order chi connectivity index (χ1) is 51.8. The first kappa shape index (κ1) is 93.7. The number of cyclic esters (lactones) is 1. The maximum absolute atomic E-state index is 14.8. The lowest BCUT2D eigenvalue weighted by Crippen LogP contribution is -2.64. The van der Waals surface area contributed by atoms with Crippen molar-refractivity contribution in [3.63, 3.8) is 0 Å². The van der Waals surface area contributed by atoms with Gasteiger partial charge < -0.3 is 119 Å². The van der Waals surface area contributed by atoms with E-state index < -0.39 is 243 Å². The Labute approximate surface area is 641 Å². The van der Waals surface area contributed by atoms with Crippen LogP contribution in [0.1, 0.15) is 177 Å². The van der Waals surface area contributed by atoms with Crippen LogP contribution >= 0.6 is 0 Å². The highest BCUT2D eigenvalue weighted by atomic mass is 16.5. The van der Waals surface area contributed by atoms with Crippen molar-refractivity contribution in [3.8, 4) is 5.75 Å². The monoisotopic (exact) mass is 1560 g/mol. The minimum Gasteiger partial charge on any atom is -0.508 e. The Bertz CT molecular complexity index is 3250. The fourth-order valence-corrected chi connectivity index (χ4v) is 13.1. The number of hydrogen-bond acceptors (Lipinski definition) is 24. The van der Waals surface area contributed by atoms with Gasteiger partial charge in [0.2, 0.25) is 76.8 Å². The Morgan fingerprint density at radius 2 is 1.05 bits per heavy atom. The number of hydrogen-bond donors (Lipinski definition) is 19. The van der Waals surface area contributed by atoms with Gasteiger partial charge >= 0.3 is 5.97 Å². The Hall–Kier alpha value is -8.72. The maximum Gasteiger partial charge on any atom is 0.328 e. The molecule has 3 aliphatic rings. The number of phenols is 1. The number of esters is 1. The highest BCUT2D eigenvalue weighted by molar-refractivity contribution is 6.00. The summed E-state index contributed by atoms with van der Waals surface area (Å²) in [7, 11) is 3.50. The van der Waals surface area contributed by atoms with Crippen molar-refractivity contribution in [1.82, 2.24) is 67.9 Å². The van der Waals surface area contributed by atoms with Crippen molar-refractivity contribution in [3.05, 3.63) is 29.8 Å². The molecule has 0 bridgehead atoms. The number of aliphatic hydroxyl groups is 7. The Kier molecular flexibility index (Phi) is 39.3. The molecule has 0 unspecified atom stereocenters. The van der Waals surface area contributed by atoms with Crippen LogP contribution in [0.4, 0.5) is 0 Å². The molecule has 0 radical (unpaired) electrons. The van der Waals surface area contributed by atoms with E-state index in [9.17, 15) is 108 Å². The summed E-state index contributed by atoms with van der Waals surface area (Å²) in [6.07, 6.45) is -5.57. The number of benzene rings is 1. The number of phenolic OH excluding ortho intramolecular Hbond substituents is 1. The van der Waals surface area contributed by atoms with Crippen LogP contribution in [0, 0.1) is 5.92 Å². The lowest BCUT2D eigenvalue weighted by molar-refractivity contribution is -0.155. The molecule has 19 atom stereocenters. The molecule has 1 aromatic carbocycles. The zero-order valence-electron chi connectivity index (χ0n) is 64.7. The van der Waals surface area contributed by atoms with Gasteiger partial charge in [-0.15, -0.1) is 0 Å². The quantitative estimate of drug-likeness (QED) is 0.0305. The summed E-state index contributed by atoms with van der Waals surface area (Å²) in [5.41, 5.74) is 5.72. The van der Waals surface area contributed by atoms with Gasteiger partial charge in [-0.05, 0) is 111 Å². The Morgan fingerprint density at radius 1 is 0.555 bits per heavy atom. The van der Waals surface area contributed by atoms with Gasteiger partial charge in [0.1, 0.15) is 78.3 Å². The number of nitrogens with one attached hydrogen (secondary N) is 10. The van der Waals surface area contributed by atoms with E-state index in [1.54, 1.807) is 19.0 Å². The zero-order valence-corrected chi connectivity index (χ0v) is 64.7. The molecule has 3 heterocycles. The Balaban J connectivity index is 1.82. The van der Waals surface area contributed by atoms with Gasteiger partial charge in [-0.3, -0.25) is 62.3 Å². The molecular weight excluding hydrogens is 1440 g/mol. The van der Waals surface area contributed by atoms with E-state index in [-0.39, 0.29) is 37.9 Å². The van der Waals surface area contributed by atoms with E-state index in [1.807, 2.05) is 0 Å². The molecule has 0 spiro atoms. The summed E-state index contributed by atoms with van der Waals surface area (Å²) in [5.74, 6) is -17.0. The number of nitrogens with two attached hydrogens (primary N) is 1. The first-order valence-corrected chi connectivity index (χ1v) is 38.0. The number of carbonyl (C=O) groups is 14. The summed E-state index contributed by atoms with van der Waals surface area (Å²) in [5, 5.41) is 111. The van der Waals surface area contributed by atoms with Crippen molar-refractivity contribution < 1.29 is 113 Å². The summed E-state index contributed by atoms with van der Waals surface area (Å²) < 4.78 is 6.03. The minimum absolute atomic E-state index is 0.0839. The van der Waals surface area contributed by atoms with Crippen LogP contribution in [0.3, 0.4) is 0 Å². The predicted octanol–water partition coefficient (Wildman–Crippen LogP) is -4.87. The molecule has 3 aliphatic heterocycles. The fraction of sp³-hybridized carbons (Fsp3) is 0.726. The maximum atomic E-state index is 14.8. The molecule has 20 N–H and O–H groups in total. The summed E-state index contributed by atoms with van der Waals surface area (Å²) >= 11 is 0. The van der Waals surface area contributed by atoms with Gasteiger partial charge in [-0.25, -0.2) is 4.79 Å². The highest BCUT2D eigenvalue weighted by Gasteiger charge is 2.48. The first-order valence-electron chi connectivity index (χ1n) is 38.0. The normalized spacial score (nSPS) is 27.9.